The van der Waals surface area contributed by atoms with Crippen molar-refractivity contribution in [2.75, 3.05) is 13.1 Å². The van der Waals surface area contributed by atoms with Gasteiger partial charge in [-0.3, -0.25) is 0 Å². The summed E-state index contributed by atoms with van der Waals surface area (Å²) in [7, 11) is 0. The van der Waals surface area contributed by atoms with E-state index < -0.39 is 11.6 Å². The van der Waals surface area contributed by atoms with Crippen LogP contribution in [0.5, 0.6) is 5.75 Å². The van der Waals surface area contributed by atoms with Gasteiger partial charge in [0.2, 0.25) is 0 Å². The van der Waals surface area contributed by atoms with Gasteiger partial charge in [0, 0.05) is 42.7 Å². The molecule has 0 amide bonds. The van der Waals surface area contributed by atoms with E-state index in [4.69, 9.17) is 4.74 Å². The Morgan fingerprint density at radius 1 is 1.07 bits per heavy atom. The summed E-state index contributed by atoms with van der Waals surface area (Å²) >= 11 is 0. The van der Waals surface area contributed by atoms with Crippen molar-refractivity contribution in [2.24, 2.45) is 5.41 Å². The zero-order chi connectivity index (χ0) is 19.8. The van der Waals surface area contributed by atoms with Crippen LogP contribution in [0.15, 0.2) is 42.5 Å². The van der Waals surface area contributed by atoms with Gasteiger partial charge in [0.1, 0.15) is 12.4 Å². The molecular formula is C24H28F2N2O. The number of ether oxygens (including phenoxy) is 1. The molecular weight excluding hydrogens is 370 g/mol. The largest absolute Gasteiger partial charge is 0.486 e. The predicted molar refractivity (Wildman–Crippen MR) is 109 cm³/mol. The maximum Gasteiger partial charge on any atom is 0.168 e. The van der Waals surface area contributed by atoms with Crippen molar-refractivity contribution in [2.45, 2.75) is 56.7 Å². The van der Waals surface area contributed by atoms with Crippen molar-refractivity contribution in [3.05, 3.63) is 65.2 Å². The molecule has 1 spiro atoms. The second kappa shape index (κ2) is 7.69. The number of rotatable bonds is 6. The van der Waals surface area contributed by atoms with Crippen LogP contribution in [0.1, 0.15) is 49.1 Å². The third kappa shape index (κ3) is 4.03. The fourth-order valence-electron chi connectivity index (χ4n) is 4.99. The van der Waals surface area contributed by atoms with Gasteiger partial charge < -0.3 is 15.4 Å². The Hall–Kier alpha value is -1.98. The average Bonchev–Trinajstić information content (AvgIpc) is 3.46. The fourth-order valence-corrected chi connectivity index (χ4v) is 4.99. The molecule has 2 saturated carbocycles. The van der Waals surface area contributed by atoms with Gasteiger partial charge in [-0.05, 0) is 49.1 Å². The Balaban J connectivity index is 1.24. The zero-order valence-electron chi connectivity index (χ0n) is 16.6. The molecule has 154 valence electrons. The molecule has 1 aliphatic heterocycles. The average molecular weight is 398 g/mol. The first kappa shape index (κ1) is 19.0. The van der Waals surface area contributed by atoms with Gasteiger partial charge in [-0.25, -0.2) is 8.78 Å². The van der Waals surface area contributed by atoms with Crippen molar-refractivity contribution in [3.63, 3.8) is 0 Å². The molecule has 1 heterocycles. The van der Waals surface area contributed by atoms with Crippen molar-refractivity contribution < 1.29 is 13.5 Å². The van der Waals surface area contributed by atoms with Crippen LogP contribution in [0.25, 0.3) is 0 Å². The highest BCUT2D eigenvalue weighted by molar-refractivity contribution is 5.42. The van der Waals surface area contributed by atoms with Crippen LogP contribution in [-0.2, 0) is 6.61 Å². The summed E-state index contributed by atoms with van der Waals surface area (Å²) in [4.78, 5) is 0. The molecule has 3 fully saturated rings. The van der Waals surface area contributed by atoms with Gasteiger partial charge in [0.05, 0.1) is 0 Å². The summed E-state index contributed by atoms with van der Waals surface area (Å²) in [6.07, 6.45) is 5.84. The predicted octanol–water partition coefficient (Wildman–Crippen LogP) is 4.52. The molecule has 3 aliphatic rings. The molecule has 5 heteroatoms. The first-order valence-corrected chi connectivity index (χ1v) is 10.7. The molecule has 3 nitrogen and oxygen atoms in total. The van der Waals surface area contributed by atoms with E-state index in [9.17, 15) is 8.78 Å². The van der Waals surface area contributed by atoms with E-state index in [2.05, 4.69) is 10.6 Å². The van der Waals surface area contributed by atoms with E-state index in [1.54, 1.807) is 0 Å². The van der Waals surface area contributed by atoms with E-state index in [1.165, 1.54) is 31.7 Å². The molecule has 2 aromatic carbocycles. The summed E-state index contributed by atoms with van der Waals surface area (Å²) in [5.74, 6) is -0.828. The first-order chi connectivity index (χ1) is 14.1. The van der Waals surface area contributed by atoms with Crippen molar-refractivity contribution in [1.29, 1.82) is 0 Å². The van der Waals surface area contributed by atoms with Gasteiger partial charge in [0.15, 0.2) is 11.6 Å². The summed E-state index contributed by atoms with van der Waals surface area (Å²) in [5, 5.41) is 7.15. The lowest BCUT2D eigenvalue weighted by Gasteiger charge is -2.47. The summed E-state index contributed by atoms with van der Waals surface area (Å²) in [6, 6.07) is 12.8. The van der Waals surface area contributed by atoms with Gasteiger partial charge in [0.25, 0.3) is 0 Å². The Morgan fingerprint density at radius 2 is 1.83 bits per heavy atom. The lowest BCUT2D eigenvalue weighted by Crippen LogP contribution is -2.56. The molecule has 0 aromatic heterocycles. The van der Waals surface area contributed by atoms with E-state index in [-0.39, 0.29) is 24.3 Å². The fraction of sp³-hybridized carbons (Fsp3) is 0.500. The highest BCUT2D eigenvalue weighted by Crippen LogP contribution is 2.47. The lowest BCUT2D eigenvalue weighted by atomic mass is 9.68. The number of nitrogens with one attached hydrogen (secondary N) is 2. The molecule has 2 atom stereocenters. The Kier molecular flexibility index (Phi) is 5.04. The Labute approximate surface area is 170 Å². The van der Waals surface area contributed by atoms with Crippen LogP contribution in [-0.4, -0.2) is 25.2 Å². The van der Waals surface area contributed by atoms with E-state index in [0.717, 1.165) is 31.1 Å². The third-order valence-corrected chi connectivity index (χ3v) is 6.95. The van der Waals surface area contributed by atoms with Crippen molar-refractivity contribution in [3.8, 4) is 5.75 Å². The Bertz CT molecular complexity index is 859. The lowest BCUT2D eigenvalue weighted by molar-refractivity contribution is 0.0907. The quantitative estimate of drug-likeness (QED) is 0.751. The molecule has 2 aromatic rings. The van der Waals surface area contributed by atoms with E-state index in [1.807, 2.05) is 30.3 Å². The maximum atomic E-state index is 14.5. The molecule has 2 N–H and O–H groups in total. The van der Waals surface area contributed by atoms with Crippen LogP contribution < -0.4 is 15.4 Å². The van der Waals surface area contributed by atoms with Crippen LogP contribution in [0.4, 0.5) is 8.78 Å². The van der Waals surface area contributed by atoms with Crippen LogP contribution >= 0.6 is 0 Å². The minimum Gasteiger partial charge on any atom is -0.486 e. The topological polar surface area (TPSA) is 33.3 Å². The third-order valence-electron chi connectivity index (χ3n) is 6.95. The van der Waals surface area contributed by atoms with Crippen LogP contribution in [0, 0.1) is 17.0 Å². The highest BCUT2D eigenvalue weighted by Gasteiger charge is 2.45. The molecule has 2 aliphatic carbocycles. The second-order valence-electron chi connectivity index (χ2n) is 9.07. The summed E-state index contributed by atoms with van der Waals surface area (Å²) in [6.45, 7) is 2.60. The van der Waals surface area contributed by atoms with E-state index >= 15 is 0 Å². The minimum absolute atomic E-state index is 0.118. The van der Waals surface area contributed by atoms with E-state index in [0.29, 0.717) is 17.0 Å². The molecule has 1 saturated heterocycles. The summed E-state index contributed by atoms with van der Waals surface area (Å²) in [5.41, 5.74) is 2.17. The molecule has 29 heavy (non-hydrogen) atoms. The van der Waals surface area contributed by atoms with Crippen molar-refractivity contribution >= 4 is 0 Å². The number of benzene rings is 2. The van der Waals surface area contributed by atoms with Gasteiger partial charge >= 0.3 is 0 Å². The maximum absolute atomic E-state index is 14.5. The van der Waals surface area contributed by atoms with Gasteiger partial charge in [-0.15, -0.1) is 0 Å². The molecule has 0 unspecified atom stereocenters. The number of hydrogen-bond donors (Lipinski definition) is 2. The standard InChI is InChI=1S/C24H28F2N2O/c25-17-10-20(23(21(26)11-17)29-13-16-4-2-1-3-5-16)19-12-22(19)28-18-6-8-24(9-7-18)14-27-15-24/h1-5,10-11,18-19,22,27-28H,6-9,12-15H2/t19-,22+/m0/s1. The highest BCUT2D eigenvalue weighted by atomic mass is 19.1. The van der Waals surface area contributed by atoms with Gasteiger partial charge in [-0.2, -0.15) is 0 Å². The van der Waals surface area contributed by atoms with Crippen molar-refractivity contribution in [1.82, 2.24) is 10.6 Å². The smallest absolute Gasteiger partial charge is 0.168 e. The molecule has 5 rings (SSSR count). The monoisotopic (exact) mass is 398 g/mol. The first-order valence-electron chi connectivity index (χ1n) is 10.7. The zero-order valence-corrected chi connectivity index (χ0v) is 16.6. The van der Waals surface area contributed by atoms with Crippen LogP contribution in [0.2, 0.25) is 0 Å². The molecule has 0 radical (unpaired) electrons. The Morgan fingerprint density at radius 3 is 2.52 bits per heavy atom. The summed E-state index contributed by atoms with van der Waals surface area (Å²) < 4.78 is 34.3. The number of hydrogen-bond acceptors (Lipinski definition) is 3. The van der Waals surface area contributed by atoms with Gasteiger partial charge in [-0.1, -0.05) is 30.3 Å². The normalized spacial score (nSPS) is 25.6. The second-order valence-corrected chi connectivity index (χ2v) is 9.07. The minimum atomic E-state index is -0.612. The van der Waals surface area contributed by atoms with Crippen LogP contribution in [0.3, 0.4) is 0 Å². The SMILES string of the molecule is Fc1cc(F)c(OCc2ccccc2)c([C@@H]2C[C@H]2NC2CCC3(CC2)CNC3)c1. The molecule has 0 bridgehead atoms. The number of halogens is 2.